The van der Waals surface area contributed by atoms with Gasteiger partial charge in [0.15, 0.2) is 0 Å². The Morgan fingerprint density at radius 2 is 1.57 bits per heavy atom. The fourth-order valence-electron chi connectivity index (χ4n) is 2.26. The molecule has 0 radical (unpaired) electrons. The van der Waals surface area contributed by atoms with Crippen LogP contribution in [0.1, 0.15) is 65.7 Å². The normalized spacial score (nSPS) is 13.5. The second-order valence-corrected chi connectivity index (χ2v) is 4.32. The molecular weight excluding hydrogens is 170 g/mol. The SMILES string of the molecule is CCCCCCC(NC)C(CC)CC. The molecule has 0 aromatic rings. The average Bonchev–Trinajstić information content (AvgIpc) is 2.23. The van der Waals surface area contributed by atoms with Crippen molar-refractivity contribution in [2.45, 2.75) is 71.8 Å². The summed E-state index contributed by atoms with van der Waals surface area (Å²) < 4.78 is 0. The minimum absolute atomic E-state index is 0.752. The van der Waals surface area contributed by atoms with Gasteiger partial charge >= 0.3 is 0 Å². The number of hydrogen-bond acceptors (Lipinski definition) is 1. The van der Waals surface area contributed by atoms with Crippen molar-refractivity contribution in [1.82, 2.24) is 5.32 Å². The maximum absolute atomic E-state index is 3.48. The van der Waals surface area contributed by atoms with Crippen LogP contribution in [0.3, 0.4) is 0 Å². The minimum Gasteiger partial charge on any atom is -0.317 e. The lowest BCUT2D eigenvalue weighted by atomic mass is 9.90. The van der Waals surface area contributed by atoms with Crippen molar-refractivity contribution in [2.24, 2.45) is 5.92 Å². The van der Waals surface area contributed by atoms with E-state index in [-0.39, 0.29) is 0 Å². The van der Waals surface area contributed by atoms with Gasteiger partial charge < -0.3 is 5.32 Å². The first-order valence-corrected chi connectivity index (χ1v) is 6.47. The molecule has 0 aliphatic heterocycles. The molecule has 0 saturated heterocycles. The van der Waals surface area contributed by atoms with Crippen LogP contribution in [0.2, 0.25) is 0 Å². The first-order valence-electron chi connectivity index (χ1n) is 6.47. The van der Waals surface area contributed by atoms with Crippen LogP contribution in [0.4, 0.5) is 0 Å². The summed E-state index contributed by atoms with van der Waals surface area (Å²) >= 11 is 0. The molecule has 0 spiro atoms. The van der Waals surface area contributed by atoms with Crippen LogP contribution < -0.4 is 5.32 Å². The third-order valence-electron chi connectivity index (χ3n) is 3.36. The van der Waals surface area contributed by atoms with E-state index in [1.807, 2.05) is 0 Å². The molecule has 0 aromatic heterocycles. The van der Waals surface area contributed by atoms with Crippen molar-refractivity contribution >= 4 is 0 Å². The number of hydrogen-bond donors (Lipinski definition) is 1. The summed E-state index contributed by atoms with van der Waals surface area (Å²) in [5.41, 5.74) is 0. The van der Waals surface area contributed by atoms with E-state index in [0.29, 0.717) is 0 Å². The first-order chi connectivity index (χ1) is 6.79. The van der Waals surface area contributed by atoms with Gasteiger partial charge in [0.25, 0.3) is 0 Å². The number of unbranched alkanes of at least 4 members (excludes halogenated alkanes) is 3. The lowest BCUT2D eigenvalue weighted by Gasteiger charge is -2.24. The summed E-state index contributed by atoms with van der Waals surface area (Å²) in [5.74, 6) is 0.877. The molecule has 0 aliphatic rings. The summed E-state index contributed by atoms with van der Waals surface area (Å²) in [5, 5.41) is 3.48. The molecule has 0 amide bonds. The third-order valence-corrected chi connectivity index (χ3v) is 3.36. The molecule has 0 aromatic carbocycles. The lowest BCUT2D eigenvalue weighted by Crippen LogP contribution is -2.32. The molecule has 0 bridgehead atoms. The fourth-order valence-corrected chi connectivity index (χ4v) is 2.26. The molecule has 1 heteroatoms. The molecule has 14 heavy (non-hydrogen) atoms. The van der Waals surface area contributed by atoms with Gasteiger partial charge in [-0.1, -0.05) is 59.3 Å². The van der Waals surface area contributed by atoms with E-state index >= 15 is 0 Å². The van der Waals surface area contributed by atoms with E-state index in [1.165, 1.54) is 44.9 Å². The maximum atomic E-state index is 3.48. The standard InChI is InChI=1S/C13H29N/c1-5-8-9-10-11-13(14-4)12(6-2)7-3/h12-14H,5-11H2,1-4H3. The maximum Gasteiger partial charge on any atom is 0.00921 e. The summed E-state index contributed by atoms with van der Waals surface area (Å²) in [6.45, 7) is 6.89. The molecule has 0 saturated carbocycles. The van der Waals surface area contributed by atoms with E-state index in [0.717, 1.165) is 12.0 Å². The summed E-state index contributed by atoms with van der Waals surface area (Å²) in [4.78, 5) is 0. The highest BCUT2D eigenvalue weighted by atomic mass is 14.9. The Bertz CT molecular complexity index is 108. The van der Waals surface area contributed by atoms with Gasteiger partial charge in [0.1, 0.15) is 0 Å². The molecule has 86 valence electrons. The largest absolute Gasteiger partial charge is 0.317 e. The Hall–Kier alpha value is -0.0400. The predicted molar refractivity (Wildman–Crippen MR) is 65.7 cm³/mol. The minimum atomic E-state index is 0.752. The van der Waals surface area contributed by atoms with Crippen LogP contribution in [-0.2, 0) is 0 Å². The zero-order chi connectivity index (χ0) is 10.8. The smallest absolute Gasteiger partial charge is 0.00921 e. The molecule has 0 fully saturated rings. The van der Waals surface area contributed by atoms with E-state index in [9.17, 15) is 0 Å². The molecule has 0 rings (SSSR count). The van der Waals surface area contributed by atoms with Crippen LogP contribution in [0.5, 0.6) is 0 Å². The highest BCUT2D eigenvalue weighted by Crippen LogP contribution is 2.18. The molecule has 1 nitrogen and oxygen atoms in total. The molecule has 0 aliphatic carbocycles. The van der Waals surface area contributed by atoms with Crippen LogP contribution in [0.25, 0.3) is 0 Å². The molecule has 1 N–H and O–H groups in total. The number of rotatable bonds is 9. The highest BCUT2D eigenvalue weighted by Gasteiger charge is 2.15. The van der Waals surface area contributed by atoms with Crippen LogP contribution >= 0.6 is 0 Å². The van der Waals surface area contributed by atoms with Crippen molar-refractivity contribution in [2.75, 3.05) is 7.05 Å². The van der Waals surface area contributed by atoms with Gasteiger partial charge in [-0.05, 0) is 19.4 Å². The summed E-state index contributed by atoms with van der Waals surface area (Å²) in [6, 6.07) is 0.752. The van der Waals surface area contributed by atoms with Crippen molar-refractivity contribution < 1.29 is 0 Å². The van der Waals surface area contributed by atoms with Gasteiger partial charge in [-0.2, -0.15) is 0 Å². The first kappa shape index (κ1) is 14.0. The second-order valence-electron chi connectivity index (χ2n) is 4.32. The van der Waals surface area contributed by atoms with E-state index in [2.05, 4.69) is 33.1 Å². The van der Waals surface area contributed by atoms with Gasteiger partial charge in [0, 0.05) is 6.04 Å². The number of nitrogens with one attached hydrogen (secondary N) is 1. The predicted octanol–water partition coefficient (Wildman–Crippen LogP) is 3.98. The van der Waals surface area contributed by atoms with Crippen molar-refractivity contribution in [3.05, 3.63) is 0 Å². The summed E-state index contributed by atoms with van der Waals surface area (Å²) in [6.07, 6.45) is 9.55. The van der Waals surface area contributed by atoms with Crippen molar-refractivity contribution in [3.63, 3.8) is 0 Å². The van der Waals surface area contributed by atoms with Gasteiger partial charge in [-0.15, -0.1) is 0 Å². The van der Waals surface area contributed by atoms with Crippen LogP contribution in [-0.4, -0.2) is 13.1 Å². The zero-order valence-electron chi connectivity index (χ0n) is 10.6. The van der Waals surface area contributed by atoms with Crippen molar-refractivity contribution in [3.8, 4) is 0 Å². The van der Waals surface area contributed by atoms with Gasteiger partial charge in [0.2, 0.25) is 0 Å². The Balaban J connectivity index is 3.65. The quantitative estimate of drug-likeness (QED) is 0.554. The monoisotopic (exact) mass is 199 g/mol. The zero-order valence-corrected chi connectivity index (χ0v) is 10.6. The Labute approximate surface area is 90.7 Å². The highest BCUT2D eigenvalue weighted by molar-refractivity contribution is 4.73. The van der Waals surface area contributed by atoms with Crippen LogP contribution in [0.15, 0.2) is 0 Å². The lowest BCUT2D eigenvalue weighted by molar-refractivity contribution is 0.325. The third kappa shape index (κ3) is 5.64. The van der Waals surface area contributed by atoms with E-state index in [4.69, 9.17) is 0 Å². The second kappa shape index (κ2) is 9.51. The van der Waals surface area contributed by atoms with E-state index in [1.54, 1.807) is 0 Å². The van der Waals surface area contributed by atoms with Gasteiger partial charge in [0.05, 0.1) is 0 Å². The molecule has 0 heterocycles. The Morgan fingerprint density at radius 1 is 0.929 bits per heavy atom. The van der Waals surface area contributed by atoms with Crippen molar-refractivity contribution in [1.29, 1.82) is 0 Å². The summed E-state index contributed by atoms with van der Waals surface area (Å²) in [7, 11) is 2.11. The molecular formula is C13H29N. The van der Waals surface area contributed by atoms with Gasteiger partial charge in [-0.3, -0.25) is 0 Å². The molecule has 1 atom stereocenters. The average molecular weight is 199 g/mol. The molecule has 1 unspecified atom stereocenters. The Kier molecular flexibility index (Phi) is 9.49. The Morgan fingerprint density at radius 3 is 2.00 bits per heavy atom. The fraction of sp³-hybridized carbons (Fsp3) is 1.00. The topological polar surface area (TPSA) is 12.0 Å². The van der Waals surface area contributed by atoms with Gasteiger partial charge in [-0.25, -0.2) is 0 Å². The van der Waals surface area contributed by atoms with E-state index < -0.39 is 0 Å². The van der Waals surface area contributed by atoms with Crippen LogP contribution in [0, 0.1) is 5.92 Å².